The Balaban J connectivity index is 1.64. The summed E-state index contributed by atoms with van der Waals surface area (Å²) in [5.74, 6) is 0.329. The molecule has 3 rings (SSSR count). The predicted molar refractivity (Wildman–Crippen MR) is 76.2 cm³/mol. The Kier molecular flexibility index (Phi) is 4.04. The minimum absolute atomic E-state index is 0.0145. The SMILES string of the molecule is CCN1CCn2nnc(CNC(=O)Cc3nc(C)no3)c2C1=O. The van der Waals surface area contributed by atoms with Crippen molar-refractivity contribution in [2.45, 2.75) is 33.4 Å². The van der Waals surface area contributed by atoms with Gasteiger partial charge in [-0.15, -0.1) is 5.10 Å². The van der Waals surface area contributed by atoms with Crippen LogP contribution in [0.5, 0.6) is 0 Å². The molecule has 0 saturated carbocycles. The Labute approximate surface area is 131 Å². The molecule has 0 spiro atoms. The van der Waals surface area contributed by atoms with Gasteiger partial charge < -0.3 is 14.7 Å². The molecular formula is C13H17N7O3. The van der Waals surface area contributed by atoms with E-state index in [4.69, 9.17) is 4.52 Å². The summed E-state index contributed by atoms with van der Waals surface area (Å²) in [5, 5.41) is 14.3. The van der Waals surface area contributed by atoms with Gasteiger partial charge in [-0.2, -0.15) is 4.98 Å². The van der Waals surface area contributed by atoms with Gasteiger partial charge in [0.15, 0.2) is 11.5 Å². The van der Waals surface area contributed by atoms with Crippen LogP contribution in [0, 0.1) is 6.92 Å². The zero-order valence-corrected chi connectivity index (χ0v) is 12.9. The lowest BCUT2D eigenvalue weighted by atomic mass is 10.2. The van der Waals surface area contributed by atoms with Crippen LogP contribution in [0.1, 0.15) is 34.8 Å². The molecule has 122 valence electrons. The molecule has 10 nitrogen and oxygen atoms in total. The number of rotatable bonds is 5. The van der Waals surface area contributed by atoms with Gasteiger partial charge in [-0.1, -0.05) is 10.4 Å². The summed E-state index contributed by atoms with van der Waals surface area (Å²) in [7, 11) is 0. The molecule has 0 bridgehead atoms. The zero-order valence-electron chi connectivity index (χ0n) is 12.9. The smallest absolute Gasteiger partial charge is 0.274 e. The van der Waals surface area contributed by atoms with Crippen molar-refractivity contribution in [2.24, 2.45) is 0 Å². The van der Waals surface area contributed by atoms with Gasteiger partial charge in [0.2, 0.25) is 11.8 Å². The molecule has 10 heteroatoms. The first-order chi connectivity index (χ1) is 11.1. The summed E-state index contributed by atoms with van der Waals surface area (Å²) in [5.41, 5.74) is 0.898. The molecule has 0 aliphatic carbocycles. The lowest BCUT2D eigenvalue weighted by Crippen LogP contribution is -2.41. The van der Waals surface area contributed by atoms with Crippen LogP contribution in [-0.4, -0.2) is 54.9 Å². The number of hydrogen-bond acceptors (Lipinski definition) is 7. The molecule has 0 aromatic carbocycles. The van der Waals surface area contributed by atoms with Gasteiger partial charge in [0.25, 0.3) is 5.91 Å². The number of carbonyl (C=O) groups is 2. The van der Waals surface area contributed by atoms with Crippen molar-refractivity contribution in [3.63, 3.8) is 0 Å². The fourth-order valence-corrected chi connectivity index (χ4v) is 2.42. The predicted octanol–water partition coefficient (Wildman–Crippen LogP) is -0.696. The number of hydrogen-bond donors (Lipinski definition) is 1. The molecule has 0 fully saturated rings. The number of likely N-dealkylation sites (N-methyl/N-ethyl adjacent to an activating group) is 1. The Morgan fingerprint density at radius 1 is 1.39 bits per heavy atom. The molecule has 0 unspecified atom stereocenters. The van der Waals surface area contributed by atoms with Gasteiger partial charge in [-0.3, -0.25) is 9.59 Å². The summed E-state index contributed by atoms with van der Waals surface area (Å²) in [4.78, 5) is 29.9. The van der Waals surface area contributed by atoms with Crippen LogP contribution in [0.25, 0.3) is 0 Å². The van der Waals surface area contributed by atoms with E-state index < -0.39 is 0 Å². The van der Waals surface area contributed by atoms with E-state index >= 15 is 0 Å². The van der Waals surface area contributed by atoms with Crippen LogP contribution in [0.4, 0.5) is 0 Å². The lowest BCUT2D eigenvalue weighted by molar-refractivity contribution is -0.121. The summed E-state index contributed by atoms with van der Waals surface area (Å²) in [6.07, 6.45) is -0.0145. The van der Waals surface area contributed by atoms with Gasteiger partial charge in [0.1, 0.15) is 12.1 Å². The fraction of sp³-hybridized carbons (Fsp3) is 0.538. The van der Waals surface area contributed by atoms with Crippen molar-refractivity contribution in [3.8, 4) is 0 Å². The van der Waals surface area contributed by atoms with Crippen LogP contribution in [0.2, 0.25) is 0 Å². The maximum atomic E-state index is 12.3. The molecular weight excluding hydrogens is 302 g/mol. The third-order valence-electron chi connectivity index (χ3n) is 3.59. The summed E-state index contributed by atoms with van der Waals surface area (Å²) < 4.78 is 6.47. The molecule has 0 atom stereocenters. The second-order valence-corrected chi connectivity index (χ2v) is 5.18. The number of fused-ring (bicyclic) bond motifs is 1. The van der Waals surface area contributed by atoms with E-state index in [1.165, 1.54) is 0 Å². The normalized spacial score (nSPS) is 14.0. The van der Waals surface area contributed by atoms with E-state index in [2.05, 4.69) is 25.8 Å². The van der Waals surface area contributed by atoms with E-state index in [1.54, 1.807) is 16.5 Å². The highest BCUT2D eigenvalue weighted by Gasteiger charge is 2.28. The van der Waals surface area contributed by atoms with Gasteiger partial charge >= 0.3 is 0 Å². The van der Waals surface area contributed by atoms with Gasteiger partial charge in [-0.05, 0) is 13.8 Å². The first-order valence-corrected chi connectivity index (χ1v) is 7.36. The van der Waals surface area contributed by atoms with Gasteiger partial charge in [0, 0.05) is 13.1 Å². The van der Waals surface area contributed by atoms with Crippen molar-refractivity contribution in [2.75, 3.05) is 13.1 Å². The molecule has 0 radical (unpaired) electrons. The van der Waals surface area contributed by atoms with Crippen LogP contribution in [0.3, 0.4) is 0 Å². The first kappa shape index (κ1) is 15.1. The van der Waals surface area contributed by atoms with Gasteiger partial charge in [0.05, 0.1) is 13.1 Å². The first-order valence-electron chi connectivity index (χ1n) is 7.36. The summed E-state index contributed by atoms with van der Waals surface area (Å²) >= 11 is 0. The molecule has 1 aliphatic rings. The molecule has 2 aromatic heterocycles. The molecule has 1 N–H and O–H groups in total. The van der Waals surface area contributed by atoms with Crippen molar-refractivity contribution >= 4 is 11.8 Å². The molecule has 3 heterocycles. The molecule has 0 saturated heterocycles. The third kappa shape index (κ3) is 3.05. The van der Waals surface area contributed by atoms with E-state index in [9.17, 15) is 9.59 Å². The highest BCUT2D eigenvalue weighted by molar-refractivity contribution is 5.94. The Hall–Kier alpha value is -2.78. The van der Waals surface area contributed by atoms with Gasteiger partial charge in [-0.25, -0.2) is 4.68 Å². The number of amides is 2. The number of aromatic nitrogens is 5. The maximum absolute atomic E-state index is 12.3. The molecule has 2 aromatic rings. The van der Waals surface area contributed by atoms with E-state index in [1.807, 2.05) is 6.92 Å². The number of aryl methyl sites for hydroxylation is 1. The second-order valence-electron chi connectivity index (χ2n) is 5.18. The Morgan fingerprint density at radius 3 is 2.91 bits per heavy atom. The van der Waals surface area contributed by atoms with Crippen molar-refractivity contribution in [1.82, 2.24) is 35.4 Å². The number of carbonyl (C=O) groups excluding carboxylic acids is 2. The van der Waals surface area contributed by atoms with Crippen LogP contribution < -0.4 is 5.32 Å². The monoisotopic (exact) mass is 319 g/mol. The fourth-order valence-electron chi connectivity index (χ4n) is 2.42. The van der Waals surface area contributed by atoms with E-state index in [0.29, 0.717) is 36.8 Å². The number of nitrogens with one attached hydrogen (secondary N) is 1. The second kappa shape index (κ2) is 6.15. The topological polar surface area (TPSA) is 119 Å². The Bertz CT molecular complexity index is 736. The standard InChI is InChI=1S/C13H17N7O3/c1-3-19-4-5-20-12(13(19)22)9(16-18-20)7-14-10(21)6-11-15-8(2)17-23-11/h3-7H2,1-2H3,(H,14,21). The molecule has 1 aliphatic heterocycles. The molecule has 2 amide bonds. The van der Waals surface area contributed by atoms with E-state index in [-0.39, 0.29) is 30.7 Å². The average Bonchev–Trinajstić information content (AvgIpc) is 3.12. The average molecular weight is 319 g/mol. The Morgan fingerprint density at radius 2 is 2.22 bits per heavy atom. The van der Waals surface area contributed by atoms with Crippen molar-refractivity contribution in [1.29, 1.82) is 0 Å². The quantitative estimate of drug-likeness (QED) is 0.774. The largest absolute Gasteiger partial charge is 0.350 e. The van der Waals surface area contributed by atoms with Crippen LogP contribution >= 0.6 is 0 Å². The lowest BCUT2D eigenvalue weighted by Gasteiger charge is -2.26. The minimum atomic E-state index is -0.286. The van der Waals surface area contributed by atoms with Crippen molar-refractivity contribution in [3.05, 3.63) is 23.1 Å². The highest BCUT2D eigenvalue weighted by atomic mass is 16.5. The highest BCUT2D eigenvalue weighted by Crippen LogP contribution is 2.14. The summed E-state index contributed by atoms with van der Waals surface area (Å²) in [6, 6.07) is 0. The van der Waals surface area contributed by atoms with Crippen molar-refractivity contribution < 1.29 is 14.1 Å². The maximum Gasteiger partial charge on any atom is 0.274 e. The minimum Gasteiger partial charge on any atom is -0.350 e. The van der Waals surface area contributed by atoms with Crippen LogP contribution in [-0.2, 0) is 24.3 Å². The zero-order chi connectivity index (χ0) is 16.4. The third-order valence-corrected chi connectivity index (χ3v) is 3.59. The number of nitrogens with zero attached hydrogens (tertiary/aromatic N) is 6. The van der Waals surface area contributed by atoms with Crippen LogP contribution in [0.15, 0.2) is 4.52 Å². The molecule has 23 heavy (non-hydrogen) atoms. The van der Waals surface area contributed by atoms with E-state index in [0.717, 1.165) is 0 Å². The summed E-state index contributed by atoms with van der Waals surface area (Å²) in [6.45, 7) is 5.59.